The predicted octanol–water partition coefficient (Wildman–Crippen LogP) is 3.54. The van der Waals surface area contributed by atoms with Crippen LogP contribution in [0.15, 0.2) is 4.99 Å². The highest BCUT2D eigenvalue weighted by Crippen LogP contribution is 2.33. The number of hydrogen-bond donors (Lipinski definition) is 2. The van der Waals surface area contributed by atoms with Gasteiger partial charge in [-0.2, -0.15) is 0 Å². The molecular weight excluding hydrogens is 368 g/mol. The molecule has 1 heterocycles. The minimum atomic E-state index is -0.458. The van der Waals surface area contributed by atoms with Gasteiger partial charge in [-0.3, -0.25) is 4.99 Å². The number of carbonyl (C=O) groups excluding carboxylic acids is 1. The molecule has 1 saturated heterocycles. The summed E-state index contributed by atoms with van der Waals surface area (Å²) in [5, 5.41) is 6.22. The second kappa shape index (κ2) is 12.3. The van der Waals surface area contributed by atoms with Crippen LogP contribution in [0.25, 0.3) is 0 Å². The average Bonchev–Trinajstić information content (AvgIpc) is 3.47. The summed E-state index contributed by atoms with van der Waals surface area (Å²) < 4.78 is 11.2. The molecule has 0 aromatic heterocycles. The highest BCUT2D eigenvalue weighted by Gasteiger charge is 2.23. The van der Waals surface area contributed by atoms with Gasteiger partial charge in [0.1, 0.15) is 5.60 Å². The van der Waals surface area contributed by atoms with Crippen LogP contribution in [0.1, 0.15) is 72.6 Å². The monoisotopic (exact) mass is 410 g/mol. The quantitative estimate of drug-likeness (QED) is 0.327. The summed E-state index contributed by atoms with van der Waals surface area (Å²) in [6.45, 7) is 12.8. The van der Waals surface area contributed by atoms with Crippen LogP contribution in [0.5, 0.6) is 0 Å². The smallest absolute Gasteiger partial charge is 0.407 e. The van der Waals surface area contributed by atoms with Crippen molar-refractivity contribution in [1.29, 1.82) is 0 Å². The Balaban J connectivity index is 1.57. The molecule has 1 aliphatic carbocycles. The average molecular weight is 411 g/mol. The Hall–Kier alpha value is -1.50. The van der Waals surface area contributed by atoms with Crippen molar-refractivity contribution >= 4 is 12.1 Å². The minimum absolute atomic E-state index is 0.297. The van der Waals surface area contributed by atoms with Gasteiger partial charge in [-0.1, -0.05) is 12.8 Å². The maximum Gasteiger partial charge on any atom is 0.407 e. The molecule has 0 unspecified atom stereocenters. The number of amides is 1. The molecule has 0 aromatic rings. The summed E-state index contributed by atoms with van der Waals surface area (Å²) in [6, 6.07) is 0. The van der Waals surface area contributed by atoms with Gasteiger partial charge in [-0.05, 0) is 65.7 Å². The Labute approximate surface area is 177 Å². The highest BCUT2D eigenvalue weighted by molar-refractivity contribution is 5.80. The van der Waals surface area contributed by atoms with Crippen molar-refractivity contribution in [2.75, 3.05) is 39.3 Å². The van der Waals surface area contributed by atoms with Gasteiger partial charge < -0.3 is 25.0 Å². The van der Waals surface area contributed by atoms with Gasteiger partial charge in [0, 0.05) is 39.3 Å². The minimum Gasteiger partial charge on any atom is -0.444 e. The van der Waals surface area contributed by atoms with Crippen LogP contribution in [0.2, 0.25) is 0 Å². The zero-order chi connectivity index (χ0) is 21.1. The van der Waals surface area contributed by atoms with Crippen LogP contribution in [0.3, 0.4) is 0 Å². The van der Waals surface area contributed by atoms with E-state index in [9.17, 15) is 4.79 Å². The van der Waals surface area contributed by atoms with E-state index < -0.39 is 5.60 Å². The van der Waals surface area contributed by atoms with Crippen molar-refractivity contribution in [3.8, 4) is 0 Å². The lowest BCUT2D eigenvalue weighted by atomic mass is 10.1. The Morgan fingerprint density at radius 1 is 1.10 bits per heavy atom. The van der Waals surface area contributed by atoms with Crippen molar-refractivity contribution in [3.63, 3.8) is 0 Å². The lowest BCUT2D eigenvalue weighted by molar-refractivity contribution is 0.0170. The van der Waals surface area contributed by atoms with Crippen LogP contribution in [-0.4, -0.2) is 68.0 Å². The lowest BCUT2D eigenvalue weighted by Crippen LogP contribution is -2.47. The summed E-state index contributed by atoms with van der Waals surface area (Å²) in [6.07, 6.45) is 8.16. The SMILES string of the molecule is CCNC(=NCCCC1CC1)N1CCC(OCCCNC(=O)OC(C)(C)C)CC1. The number of aliphatic imine (C=N–C) groups is 1. The topological polar surface area (TPSA) is 75.2 Å². The van der Waals surface area contributed by atoms with Gasteiger partial charge in [0.15, 0.2) is 5.96 Å². The van der Waals surface area contributed by atoms with E-state index in [-0.39, 0.29) is 6.09 Å². The molecule has 0 aromatic carbocycles. The van der Waals surface area contributed by atoms with Crippen molar-refractivity contribution in [2.45, 2.75) is 84.3 Å². The molecule has 2 rings (SSSR count). The van der Waals surface area contributed by atoms with Gasteiger partial charge in [0.2, 0.25) is 0 Å². The van der Waals surface area contributed by atoms with Crippen LogP contribution >= 0.6 is 0 Å². The molecule has 0 atom stereocenters. The third kappa shape index (κ3) is 10.7. The van der Waals surface area contributed by atoms with Gasteiger partial charge in [-0.15, -0.1) is 0 Å². The lowest BCUT2D eigenvalue weighted by Gasteiger charge is -2.34. The summed E-state index contributed by atoms with van der Waals surface area (Å²) >= 11 is 0. The van der Waals surface area contributed by atoms with E-state index in [4.69, 9.17) is 14.5 Å². The van der Waals surface area contributed by atoms with E-state index in [1.54, 1.807) is 0 Å². The number of guanidine groups is 1. The second-order valence-corrected chi connectivity index (χ2v) is 9.16. The van der Waals surface area contributed by atoms with Gasteiger partial charge in [0.05, 0.1) is 6.10 Å². The predicted molar refractivity (Wildman–Crippen MR) is 117 cm³/mol. The van der Waals surface area contributed by atoms with Crippen molar-refractivity contribution in [3.05, 3.63) is 0 Å². The molecule has 2 aliphatic rings. The first kappa shape index (κ1) is 23.8. The first-order valence-electron chi connectivity index (χ1n) is 11.5. The molecule has 0 radical (unpaired) electrons. The number of rotatable bonds is 10. The van der Waals surface area contributed by atoms with Crippen LogP contribution in [0.4, 0.5) is 4.79 Å². The van der Waals surface area contributed by atoms with Gasteiger partial charge in [-0.25, -0.2) is 4.79 Å². The number of alkyl carbamates (subject to hydrolysis) is 1. The summed E-state index contributed by atoms with van der Waals surface area (Å²) in [7, 11) is 0. The van der Waals surface area contributed by atoms with Crippen molar-refractivity contribution in [2.24, 2.45) is 10.9 Å². The number of nitrogens with zero attached hydrogens (tertiary/aromatic N) is 2. The van der Waals surface area contributed by atoms with E-state index in [0.717, 1.165) is 57.3 Å². The Bertz CT molecular complexity index is 507. The molecule has 29 heavy (non-hydrogen) atoms. The van der Waals surface area contributed by atoms with E-state index in [1.165, 1.54) is 25.7 Å². The fourth-order valence-electron chi connectivity index (χ4n) is 3.46. The number of carbonyl (C=O) groups is 1. The summed E-state index contributed by atoms with van der Waals surface area (Å²) in [5.41, 5.74) is -0.458. The first-order valence-corrected chi connectivity index (χ1v) is 11.5. The summed E-state index contributed by atoms with van der Waals surface area (Å²) in [4.78, 5) is 18.8. The zero-order valence-electron chi connectivity index (χ0n) is 19.0. The van der Waals surface area contributed by atoms with E-state index >= 15 is 0 Å². The zero-order valence-corrected chi connectivity index (χ0v) is 19.0. The number of likely N-dealkylation sites (tertiary alicyclic amines) is 1. The number of hydrogen-bond acceptors (Lipinski definition) is 4. The number of ether oxygens (including phenoxy) is 2. The maximum absolute atomic E-state index is 11.6. The maximum atomic E-state index is 11.6. The fraction of sp³-hybridized carbons (Fsp3) is 0.909. The molecule has 7 nitrogen and oxygen atoms in total. The van der Waals surface area contributed by atoms with Crippen LogP contribution in [0, 0.1) is 5.92 Å². The third-order valence-electron chi connectivity index (χ3n) is 5.15. The Morgan fingerprint density at radius 3 is 2.45 bits per heavy atom. The molecule has 0 spiro atoms. The van der Waals surface area contributed by atoms with Crippen molar-refractivity contribution in [1.82, 2.24) is 15.5 Å². The van der Waals surface area contributed by atoms with Crippen molar-refractivity contribution < 1.29 is 14.3 Å². The normalized spacial score (nSPS) is 18.6. The second-order valence-electron chi connectivity index (χ2n) is 9.16. The van der Waals surface area contributed by atoms with Crippen LogP contribution in [-0.2, 0) is 9.47 Å². The molecule has 1 amide bonds. The molecule has 2 fully saturated rings. The summed E-state index contributed by atoms with van der Waals surface area (Å²) in [5.74, 6) is 2.04. The molecule has 0 bridgehead atoms. The fourth-order valence-corrected chi connectivity index (χ4v) is 3.46. The largest absolute Gasteiger partial charge is 0.444 e. The highest BCUT2D eigenvalue weighted by atomic mass is 16.6. The van der Waals surface area contributed by atoms with Gasteiger partial charge >= 0.3 is 6.09 Å². The molecule has 2 N–H and O–H groups in total. The standard InChI is InChI=1S/C22H42N4O3/c1-5-23-20(24-13-6-8-18-9-10-18)26-15-11-19(12-16-26)28-17-7-14-25-21(27)29-22(2,3)4/h18-19H,5-17H2,1-4H3,(H,23,24)(H,25,27). The molecule has 7 heteroatoms. The molecular formula is C22H42N4O3. The third-order valence-corrected chi connectivity index (χ3v) is 5.15. The Morgan fingerprint density at radius 2 is 1.83 bits per heavy atom. The number of piperidine rings is 1. The van der Waals surface area contributed by atoms with E-state index in [0.29, 0.717) is 19.3 Å². The Kier molecular flexibility index (Phi) is 10.0. The molecule has 1 aliphatic heterocycles. The number of nitrogens with one attached hydrogen (secondary N) is 2. The van der Waals surface area contributed by atoms with Gasteiger partial charge in [0.25, 0.3) is 0 Å². The molecule has 168 valence electrons. The van der Waals surface area contributed by atoms with E-state index in [2.05, 4.69) is 22.5 Å². The van der Waals surface area contributed by atoms with Crippen LogP contribution < -0.4 is 10.6 Å². The first-order chi connectivity index (χ1) is 13.9. The molecule has 1 saturated carbocycles. The van der Waals surface area contributed by atoms with E-state index in [1.807, 2.05) is 20.8 Å².